The van der Waals surface area contributed by atoms with Crippen LogP contribution in [0.1, 0.15) is 51.9 Å². The number of rotatable bonds is 11. The van der Waals surface area contributed by atoms with E-state index in [4.69, 9.17) is 14.2 Å². The summed E-state index contributed by atoms with van der Waals surface area (Å²) in [4.78, 5) is 4.30. The minimum absolute atomic E-state index is 0. The number of aliphatic imine (C=N–C) groups is 1. The summed E-state index contributed by atoms with van der Waals surface area (Å²) in [5, 5.41) is 6.77. The molecule has 0 bridgehead atoms. The molecule has 1 aliphatic carbocycles. The van der Waals surface area contributed by atoms with Crippen molar-refractivity contribution in [3.8, 4) is 0 Å². The Hall–Kier alpha value is -0.120. The Bertz CT molecular complexity index is 373. The first-order valence-corrected chi connectivity index (χ1v) is 10.1. The van der Waals surface area contributed by atoms with E-state index in [0.717, 1.165) is 70.7 Å². The topological polar surface area (TPSA) is 64.1 Å². The molecule has 2 atom stereocenters. The third-order valence-electron chi connectivity index (χ3n) is 5.11. The van der Waals surface area contributed by atoms with Crippen LogP contribution in [0.3, 0.4) is 0 Å². The summed E-state index contributed by atoms with van der Waals surface area (Å²) in [6, 6.07) is 0. The number of hydrogen-bond donors (Lipinski definition) is 2. The lowest BCUT2D eigenvalue weighted by atomic mass is 9.98. The molecule has 1 aliphatic heterocycles. The minimum Gasteiger partial charge on any atom is -0.379 e. The zero-order valence-corrected chi connectivity index (χ0v) is 18.8. The predicted molar refractivity (Wildman–Crippen MR) is 117 cm³/mol. The molecule has 26 heavy (non-hydrogen) atoms. The van der Waals surface area contributed by atoms with Crippen LogP contribution in [0, 0.1) is 5.92 Å². The van der Waals surface area contributed by atoms with E-state index in [1.165, 1.54) is 25.7 Å². The van der Waals surface area contributed by atoms with Gasteiger partial charge in [0.25, 0.3) is 0 Å². The molecule has 2 N–H and O–H groups in total. The summed E-state index contributed by atoms with van der Waals surface area (Å²) in [7, 11) is 1.82. The second-order valence-electron chi connectivity index (χ2n) is 6.96. The Morgan fingerprint density at radius 3 is 2.62 bits per heavy atom. The Morgan fingerprint density at radius 1 is 1.19 bits per heavy atom. The molecule has 2 aliphatic rings. The van der Waals surface area contributed by atoms with Crippen LogP contribution in [0.2, 0.25) is 0 Å². The first kappa shape index (κ1) is 23.9. The summed E-state index contributed by atoms with van der Waals surface area (Å²) < 4.78 is 17.1. The highest BCUT2D eigenvalue weighted by Crippen LogP contribution is 2.30. The van der Waals surface area contributed by atoms with E-state index in [-0.39, 0.29) is 24.0 Å². The van der Waals surface area contributed by atoms with Crippen molar-refractivity contribution in [2.45, 2.75) is 64.1 Å². The van der Waals surface area contributed by atoms with Gasteiger partial charge in [0.2, 0.25) is 0 Å². The second-order valence-corrected chi connectivity index (χ2v) is 6.96. The summed E-state index contributed by atoms with van der Waals surface area (Å²) in [5.41, 5.74) is 0. The SMILES string of the molecule is CCOC(CCNC(=NC)NCCCOC1CCOC1)C1CCCC1.I. The maximum atomic E-state index is 5.98. The first-order valence-electron chi connectivity index (χ1n) is 10.1. The van der Waals surface area contributed by atoms with Crippen molar-refractivity contribution < 1.29 is 14.2 Å². The van der Waals surface area contributed by atoms with Crippen LogP contribution in [-0.2, 0) is 14.2 Å². The van der Waals surface area contributed by atoms with Gasteiger partial charge in [0.1, 0.15) is 0 Å². The number of guanidine groups is 1. The van der Waals surface area contributed by atoms with E-state index in [1.807, 2.05) is 7.05 Å². The average Bonchev–Trinajstić information content (AvgIpc) is 3.32. The average molecular weight is 483 g/mol. The summed E-state index contributed by atoms with van der Waals surface area (Å²) in [6.45, 7) is 7.02. The quantitative estimate of drug-likeness (QED) is 0.205. The molecule has 0 spiro atoms. The van der Waals surface area contributed by atoms with Crippen LogP contribution < -0.4 is 10.6 Å². The smallest absolute Gasteiger partial charge is 0.190 e. The van der Waals surface area contributed by atoms with Crippen LogP contribution in [0.5, 0.6) is 0 Å². The number of halogens is 1. The number of hydrogen-bond acceptors (Lipinski definition) is 4. The second kappa shape index (κ2) is 14.9. The number of ether oxygens (including phenoxy) is 3. The van der Waals surface area contributed by atoms with Gasteiger partial charge in [-0.3, -0.25) is 4.99 Å². The molecule has 6 nitrogen and oxygen atoms in total. The molecule has 1 heterocycles. The van der Waals surface area contributed by atoms with Gasteiger partial charge in [-0.1, -0.05) is 12.8 Å². The van der Waals surface area contributed by atoms with Gasteiger partial charge in [0.05, 0.1) is 18.8 Å². The lowest BCUT2D eigenvalue weighted by Crippen LogP contribution is -2.40. The zero-order valence-electron chi connectivity index (χ0n) is 16.5. The molecular weight excluding hydrogens is 445 g/mol. The Labute approximate surface area is 176 Å². The number of nitrogens with zero attached hydrogens (tertiary/aromatic N) is 1. The third-order valence-corrected chi connectivity index (χ3v) is 5.11. The van der Waals surface area contributed by atoms with E-state index >= 15 is 0 Å². The summed E-state index contributed by atoms with van der Waals surface area (Å²) >= 11 is 0. The first-order chi connectivity index (χ1) is 12.3. The molecule has 2 rings (SSSR count). The van der Waals surface area contributed by atoms with E-state index in [9.17, 15) is 0 Å². The van der Waals surface area contributed by atoms with E-state index in [2.05, 4.69) is 22.5 Å². The molecule has 0 amide bonds. The van der Waals surface area contributed by atoms with Crippen LogP contribution in [0.25, 0.3) is 0 Å². The van der Waals surface area contributed by atoms with E-state index in [0.29, 0.717) is 12.2 Å². The van der Waals surface area contributed by atoms with Crippen LogP contribution in [0.15, 0.2) is 4.99 Å². The van der Waals surface area contributed by atoms with Crippen molar-refractivity contribution in [2.75, 3.05) is 46.6 Å². The Morgan fingerprint density at radius 2 is 1.96 bits per heavy atom. The van der Waals surface area contributed by atoms with Crippen molar-refractivity contribution in [1.29, 1.82) is 0 Å². The maximum Gasteiger partial charge on any atom is 0.190 e. The summed E-state index contributed by atoms with van der Waals surface area (Å²) in [6.07, 6.45) is 9.10. The van der Waals surface area contributed by atoms with Gasteiger partial charge in [-0.05, 0) is 44.9 Å². The van der Waals surface area contributed by atoms with Gasteiger partial charge in [0.15, 0.2) is 5.96 Å². The van der Waals surface area contributed by atoms with Crippen molar-refractivity contribution in [3.05, 3.63) is 0 Å². The molecule has 154 valence electrons. The molecule has 7 heteroatoms. The van der Waals surface area contributed by atoms with Gasteiger partial charge >= 0.3 is 0 Å². The van der Waals surface area contributed by atoms with Crippen LogP contribution in [-0.4, -0.2) is 64.7 Å². The molecule has 2 unspecified atom stereocenters. The largest absolute Gasteiger partial charge is 0.379 e. The monoisotopic (exact) mass is 483 g/mol. The van der Waals surface area contributed by atoms with Gasteiger partial charge in [-0.2, -0.15) is 0 Å². The Kier molecular flexibility index (Phi) is 13.7. The molecular formula is C19H38IN3O3. The fraction of sp³-hybridized carbons (Fsp3) is 0.947. The van der Waals surface area contributed by atoms with Crippen molar-refractivity contribution >= 4 is 29.9 Å². The van der Waals surface area contributed by atoms with E-state index in [1.54, 1.807) is 0 Å². The molecule has 0 radical (unpaired) electrons. The fourth-order valence-corrected chi connectivity index (χ4v) is 3.73. The highest BCUT2D eigenvalue weighted by atomic mass is 127. The third kappa shape index (κ3) is 9.19. The molecule has 2 fully saturated rings. The predicted octanol–water partition coefficient (Wildman–Crippen LogP) is 2.95. The molecule has 0 aromatic carbocycles. The highest BCUT2D eigenvalue weighted by Gasteiger charge is 2.25. The molecule has 0 aromatic heterocycles. The highest BCUT2D eigenvalue weighted by molar-refractivity contribution is 14.0. The van der Waals surface area contributed by atoms with Gasteiger partial charge in [-0.25, -0.2) is 0 Å². The van der Waals surface area contributed by atoms with Crippen LogP contribution in [0.4, 0.5) is 0 Å². The fourth-order valence-electron chi connectivity index (χ4n) is 3.73. The summed E-state index contributed by atoms with van der Waals surface area (Å²) in [5.74, 6) is 1.61. The lowest BCUT2D eigenvalue weighted by Gasteiger charge is -2.24. The number of nitrogens with one attached hydrogen (secondary N) is 2. The van der Waals surface area contributed by atoms with Crippen molar-refractivity contribution in [1.82, 2.24) is 10.6 Å². The molecule has 0 aromatic rings. The Balaban J connectivity index is 0.00000338. The lowest BCUT2D eigenvalue weighted by molar-refractivity contribution is 0.0169. The van der Waals surface area contributed by atoms with Gasteiger partial charge < -0.3 is 24.8 Å². The van der Waals surface area contributed by atoms with Gasteiger partial charge in [-0.15, -0.1) is 24.0 Å². The van der Waals surface area contributed by atoms with E-state index < -0.39 is 0 Å². The van der Waals surface area contributed by atoms with Crippen LogP contribution >= 0.6 is 24.0 Å². The van der Waals surface area contributed by atoms with Gasteiger partial charge in [0, 0.05) is 40.0 Å². The molecule has 1 saturated heterocycles. The maximum absolute atomic E-state index is 5.98. The normalized spacial score (nSPS) is 22.2. The van der Waals surface area contributed by atoms with Crippen molar-refractivity contribution in [2.24, 2.45) is 10.9 Å². The molecule has 1 saturated carbocycles. The zero-order chi connectivity index (χ0) is 17.7. The van der Waals surface area contributed by atoms with Crippen molar-refractivity contribution in [3.63, 3.8) is 0 Å². The standard InChI is InChI=1S/C19H37N3O3.HI/c1-3-24-18(16-7-4-5-8-16)9-12-22-19(20-2)21-11-6-13-25-17-10-14-23-15-17;/h16-18H,3-15H2,1-2H3,(H2,20,21,22);1H. The minimum atomic E-state index is 0.